The first-order chi connectivity index (χ1) is 20.9. The zero-order chi connectivity index (χ0) is 30.5. The maximum Gasteiger partial charge on any atom is 0.355 e. The van der Waals surface area contributed by atoms with Crippen LogP contribution in [0.4, 0.5) is 17.1 Å². The van der Waals surface area contributed by atoms with Gasteiger partial charge in [-0.25, -0.2) is 9.59 Å². The lowest BCUT2D eigenvalue weighted by Crippen LogP contribution is -2.46. The minimum absolute atomic E-state index is 0.0231. The monoisotopic (exact) mass is 579 g/mol. The molecule has 0 saturated carbocycles. The number of anilines is 3. The van der Waals surface area contributed by atoms with Crippen LogP contribution in [0.3, 0.4) is 0 Å². The number of nitrogens with two attached hydrogens (primary N) is 1. The van der Waals surface area contributed by atoms with Gasteiger partial charge in [0.2, 0.25) is 0 Å². The van der Waals surface area contributed by atoms with Crippen molar-refractivity contribution in [3.05, 3.63) is 107 Å². The Kier molecular flexibility index (Phi) is 8.53. The van der Waals surface area contributed by atoms with E-state index in [1.165, 1.54) is 19.1 Å². The van der Waals surface area contributed by atoms with Gasteiger partial charge in [-0.3, -0.25) is 4.90 Å². The van der Waals surface area contributed by atoms with Crippen LogP contribution in [0.1, 0.15) is 11.5 Å². The highest BCUT2D eigenvalue weighted by Crippen LogP contribution is 2.43. The molecule has 220 valence electrons. The maximum absolute atomic E-state index is 13.3. The molecule has 0 spiro atoms. The van der Waals surface area contributed by atoms with E-state index >= 15 is 0 Å². The van der Waals surface area contributed by atoms with E-state index < -0.39 is 17.9 Å². The van der Waals surface area contributed by atoms with Crippen LogP contribution in [0.25, 0.3) is 0 Å². The highest BCUT2D eigenvalue weighted by atomic mass is 16.5. The molecule has 2 N–H and O–H groups in total. The fourth-order valence-electron chi connectivity index (χ4n) is 5.61. The first-order valence-electron chi connectivity index (χ1n) is 13.8. The van der Waals surface area contributed by atoms with Gasteiger partial charge in [-0.05, 0) is 54.1 Å². The van der Waals surface area contributed by atoms with E-state index in [4.69, 9.17) is 19.9 Å². The number of allylic oxidation sites excluding steroid dienone is 1. The average molecular weight is 580 g/mol. The van der Waals surface area contributed by atoms with Crippen LogP contribution in [0.5, 0.6) is 5.75 Å². The molecular formula is C33H33N5O5. The molecule has 1 unspecified atom stereocenters. The Morgan fingerprint density at radius 1 is 0.767 bits per heavy atom. The summed E-state index contributed by atoms with van der Waals surface area (Å²) in [5.74, 6) is -1.59. The lowest BCUT2D eigenvalue weighted by Gasteiger charge is -2.38. The van der Waals surface area contributed by atoms with Gasteiger partial charge in [-0.2, -0.15) is 5.26 Å². The second-order valence-corrected chi connectivity index (χ2v) is 10.0. The summed E-state index contributed by atoms with van der Waals surface area (Å²) in [5, 5.41) is 10.2. The predicted octanol–water partition coefficient (Wildman–Crippen LogP) is 3.92. The number of carbonyl (C=O) groups excluding carboxylic acids is 2. The van der Waals surface area contributed by atoms with Gasteiger partial charge in [0.05, 0.1) is 44.5 Å². The number of hydrogen-bond acceptors (Lipinski definition) is 10. The molecule has 10 nitrogen and oxygen atoms in total. The first kappa shape index (κ1) is 29.1. The molecule has 0 radical (unpaired) electrons. The number of hydrogen-bond donors (Lipinski definition) is 1. The summed E-state index contributed by atoms with van der Waals surface area (Å²) in [4.78, 5) is 32.5. The number of carbonyl (C=O) groups is 2. The Hall–Kier alpha value is -5.43. The molecule has 2 heterocycles. The van der Waals surface area contributed by atoms with Gasteiger partial charge in [0.15, 0.2) is 0 Å². The quantitative estimate of drug-likeness (QED) is 0.412. The van der Waals surface area contributed by atoms with Crippen molar-refractivity contribution >= 4 is 29.0 Å². The molecule has 3 aromatic rings. The topological polar surface area (TPSA) is 121 Å². The van der Waals surface area contributed by atoms with Crippen molar-refractivity contribution in [2.75, 3.05) is 62.2 Å². The van der Waals surface area contributed by atoms with Crippen molar-refractivity contribution < 1.29 is 23.8 Å². The largest absolute Gasteiger partial charge is 0.497 e. The second-order valence-electron chi connectivity index (χ2n) is 10.0. The Bertz CT molecular complexity index is 1590. The van der Waals surface area contributed by atoms with Crippen molar-refractivity contribution in [2.45, 2.75) is 5.92 Å². The molecular weight excluding hydrogens is 546 g/mol. The first-order valence-corrected chi connectivity index (χ1v) is 13.8. The van der Waals surface area contributed by atoms with Gasteiger partial charge in [-0.15, -0.1) is 0 Å². The summed E-state index contributed by atoms with van der Waals surface area (Å²) in [5.41, 5.74) is 9.88. The van der Waals surface area contributed by atoms with Crippen molar-refractivity contribution in [1.82, 2.24) is 0 Å². The summed E-state index contributed by atoms with van der Waals surface area (Å²) in [7, 11) is 4.12. The zero-order valence-electron chi connectivity index (χ0n) is 24.3. The number of methoxy groups -OCH3 is 3. The lowest BCUT2D eigenvalue weighted by atomic mass is 9.81. The van der Waals surface area contributed by atoms with Gasteiger partial charge in [0.1, 0.15) is 17.3 Å². The highest BCUT2D eigenvalue weighted by molar-refractivity contribution is 6.06. The predicted molar refractivity (Wildman–Crippen MR) is 163 cm³/mol. The summed E-state index contributed by atoms with van der Waals surface area (Å²) < 4.78 is 15.5. The zero-order valence-corrected chi connectivity index (χ0v) is 24.3. The Morgan fingerprint density at radius 2 is 1.28 bits per heavy atom. The lowest BCUT2D eigenvalue weighted by molar-refractivity contribution is -0.139. The van der Waals surface area contributed by atoms with Crippen molar-refractivity contribution in [3.8, 4) is 11.8 Å². The van der Waals surface area contributed by atoms with Crippen LogP contribution in [0, 0.1) is 11.3 Å². The normalized spacial score (nSPS) is 17.0. The number of piperazine rings is 1. The second kappa shape index (κ2) is 12.6. The fraction of sp³-hybridized carbons (Fsp3) is 0.242. The summed E-state index contributed by atoms with van der Waals surface area (Å²) >= 11 is 0. The molecule has 0 aromatic heterocycles. The summed E-state index contributed by atoms with van der Waals surface area (Å²) in [6, 6.07) is 26.7. The minimum Gasteiger partial charge on any atom is -0.497 e. The van der Waals surface area contributed by atoms with E-state index in [1.807, 2.05) is 42.5 Å². The summed E-state index contributed by atoms with van der Waals surface area (Å²) in [6.45, 7) is 3.32. The van der Waals surface area contributed by atoms with Crippen LogP contribution < -0.4 is 25.2 Å². The van der Waals surface area contributed by atoms with Gasteiger partial charge in [0, 0.05) is 43.2 Å². The van der Waals surface area contributed by atoms with Gasteiger partial charge in [-0.1, -0.05) is 30.3 Å². The van der Waals surface area contributed by atoms with E-state index in [9.17, 15) is 14.9 Å². The van der Waals surface area contributed by atoms with E-state index in [1.54, 1.807) is 31.4 Å². The Labute approximate surface area is 250 Å². The van der Waals surface area contributed by atoms with Gasteiger partial charge < -0.3 is 29.7 Å². The molecule has 3 aromatic carbocycles. The van der Waals surface area contributed by atoms with Crippen LogP contribution >= 0.6 is 0 Å². The third-order valence-corrected chi connectivity index (χ3v) is 7.80. The molecule has 1 fully saturated rings. The minimum atomic E-state index is -0.912. The van der Waals surface area contributed by atoms with Crippen molar-refractivity contribution in [1.29, 1.82) is 5.26 Å². The smallest absolute Gasteiger partial charge is 0.355 e. The molecule has 5 rings (SSSR count). The van der Waals surface area contributed by atoms with Crippen molar-refractivity contribution in [3.63, 3.8) is 0 Å². The number of nitriles is 1. The standard InChI is InChI=1S/C33H33N5O5/c1-41-26-15-13-24(14-16-26)37-19-17-36(18-20-37)23-9-11-25(12-10-23)38-30(33(40)43-3)29(32(39)42-2)28(27(21-34)31(38)35)22-7-5-4-6-8-22/h4-16,28H,17-20,35H2,1-3H3. The van der Waals surface area contributed by atoms with Crippen LogP contribution in [-0.4, -0.2) is 59.4 Å². The third kappa shape index (κ3) is 5.57. The van der Waals surface area contributed by atoms with Crippen LogP contribution in [-0.2, 0) is 19.1 Å². The highest BCUT2D eigenvalue weighted by Gasteiger charge is 2.43. The van der Waals surface area contributed by atoms with Gasteiger partial charge >= 0.3 is 11.9 Å². The molecule has 0 aliphatic carbocycles. The number of rotatable bonds is 7. The molecule has 2 aliphatic heterocycles. The summed E-state index contributed by atoms with van der Waals surface area (Å²) in [6.07, 6.45) is 0. The molecule has 43 heavy (non-hydrogen) atoms. The Morgan fingerprint density at radius 3 is 1.77 bits per heavy atom. The molecule has 2 aliphatic rings. The third-order valence-electron chi connectivity index (χ3n) is 7.80. The van der Waals surface area contributed by atoms with Crippen LogP contribution in [0.2, 0.25) is 0 Å². The van der Waals surface area contributed by atoms with E-state index in [0.717, 1.165) is 43.3 Å². The molecule has 1 saturated heterocycles. The molecule has 1 atom stereocenters. The molecule has 10 heteroatoms. The SMILES string of the molecule is COC(=O)C1=C(C(=O)OC)N(c2ccc(N3CCN(c4ccc(OC)cc4)CC3)cc2)C(N)=C(C#N)C1c1ccccc1. The molecule has 0 amide bonds. The van der Waals surface area contributed by atoms with Crippen LogP contribution in [0.15, 0.2) is 102 Å². The number of esters is 2. The number of nitrogens with zero attached hydrogens (tertiary/aromatic N) is 4. The Balaban J connectivity index is 1.47. The van der Waals surface area contributed by atoms with Crippen molar-refractivity contribution in [2.24, 2.45) is 5.73 Å². The number of benzene rings is 3. The maximum atomic E-state index is 13.3. The van der Waals surface area contributed by atoms with E-state index in [-0.39, 0.29) is 22.7 Å². The average Bonchev–Trinajstić information content (AvgIpc) is 3.07. The number of ether oxygens (including phenoxy) is 3. The fourth-order valence-corrected chi connectivity index (χ4v) is 5.61. The van der Waals surface area contributed by atoms with Gasteiger partial charge in [0.25, 0.3) is 0 Å². The molecule has 0 bridgehead atoms. The van der Waals surface area contributed by atoms with E-state index in [0.29, 0.717) is 11.3 Å². The van der Waals surface area contributed by atoms with E-state index in [2.05, 4.69) is 28.0 Å².